The molecule has 0 unspecified atom stereocenters. The van der Waals surface area contributed by atoms with Crippen LogP contribution in [0.15, 0.2) is 0 Å². The van der Waals surface area contributed by atoms with E-state index in [9.17, 15) is 0 Å². The molecule has 0 aliphatic heterocycles. The molecule has 0 aromatic carbocycles. The van der Waals surface area contributed by atoms with Crippen LogP contribution in [0.5, 0.6) is 0 Å². The quantitative estimate of drug-likeness (QED) is 0.514. The smallest absolute Gasteiger partial charge is 0.0593 e. The third-order valence-electron chi connectivity index (χ3n) is 3.65. The second-order valence-electron chi connectivity index (χ2n) is 5.05. The normalized spacial score (nSPS) is 19.1. The summed E-state index contributed by atoms with van der Waals surface area (Å²) in [6.45, 7) is 3.75. The van der Waals surface area contributed by atoms with Gasteiger partial charge in [0.15, 0.2) is 0 Å². The second kappa shape index (κ2) is 6.84. The van der Waals surface area contributed by atoms with Crippen LogP contribution in [0.3, 0.4) is 0 Å². The lowest BCUT2D eigenvalue weighted by atomic mass is 9.75. The van der Waals surface area contributed by atoms with E-state index in [4.69, 9.17) is 4.74 Å². The molecular weight excluding hydrogens is 220 g/mol. The summed E-state index contributed by atoms with van der Waals surface area (Å²) in [6.07, 6.45) is 4.05. The molecule has 16 heavy (non-hydrogen) atoms. The number of thiol groups is 1. The third-order valence-corrected chi connectivity index (χ3v) is 3.83. The fourth-order valence-electron chi connectivity index (χ4n) is 2.30. The Morgan fingerprint density at radius 2 is 1.88 bits per heavy atom. The molecule has 1 fully saturated rings. The van der Waals surface area contributed by atoms with Crippen LogP contribution in [0.2, 0.25) is 0 Å². The van der Waals surface area contributed by atoms with Crippen LogP contribution in [-0.2, 0) is 4.74 Å². The first-order valence-corrected chi connectivity index (χ1v) is 6.78. The molecule has 0 aromatic heterocycles. The minimum Gasteiger partial charge on any atom is -0.379 e. The molecule has 0 spiro atoms. The molecule has 96 valence electrons. The van der Waals surface area contributed by atoms with Gasteiger partial charge in [-0.3, -0.25) is 0 Å². The average molecular weight is 246 g/mol. The molecule has 1 rings (SSSR count). The molecule has 1 saturated carbocycles. The fourth-order valence-corrected chi connectivity index (χ4v) is 2.43. The van der Waals surface area contributed by atoms with Gasteiger partial charge in [0.05, 0.1) is 13.2 Å². The first kappa shape index (κ1) is 14.3. The zero-order valence-corrected chi connectivity index (χ0v) is 11.8. The maximum absolute atomic E-state index is 5.45. The van der Waals surface area contributed by atoms with Gasteiger partial charge in [0.25, 0.3) is 0 Å². The van der Waals surface area contributed by atoms with E-state index in [1.807, 2.05) is 0 Å². The van der Waals surface area contributed by atoms with Crippen molar-refractivity contribution in [1.82, 2.24) is 9.80 Å². The Kier molecular flexibility index (Phi) is 6.11. The predicted molar refractivity (Wildman–Crippen MR) is 72.4 cm³/mol. The molecule has 0 amide bonds. The number of likely N-dealkylation sites (N-methyl/N-ethyl adjacent to an activating group) is 2. The highest BCUT2D eigenvalue weighted by Crippen LogP contribution is 2.36. The molecule has 0 aromatic rings. The summed E-state index contributed by atoms with van der Waals surface area (Å²) >= 11 is 4.12. The van der Waals surface area contributed by atoms with E-state index in [0.717, 1.165) is 32.1 Å². The maximum atomic E-state index is 5.45. The predicted octanol–water partition coefficient (Wildman–Crippen LogP) is 1.35. The standard InChI is InChI=1S/C12H26N2OS/c1-13(2)12(5-4-6-12)11-14(3)7-8-15-9-10-16/h16H,4-11H2,1-3H3. The molecule has 4 heteroatoms. The van der Waals surface area contributed by atoms with Gasteiger partial charge in [0, 0.05) is 24.4 Å². The van der Waals surface area contributed by atoms with Crippen LogP contribution < -0.4 is 0 Å². The van der Waals surface area contributed by atoms with Crippen LogP contribution in [0.4, 0.5) is 0 Å². The summed E-state index contributed by atoms with van der Waals surface area (Å²) in [4.78, 5) is 4.78. The summed E-state index contributed by atoms with van der Waals surface area (Å²) in [6, 6.07) is 0. The zero-order valence-electron chi connectivity index (χ0n) is 10.9. The van der Waals surface area contributed by atoms with E-state index in [-0.39, 0.29) is 0 Å². The summed E-state index contributed by atoms with van der Waals surface area (Å²) in [7, 11) is 6.59. The third kappa shape index (κ3) is 3.91. The van der Waals surface area contributed by atoms with Crippen LogP contribution in [-0.4, -0.2) is 68.5 Å². The van der Waals surface area contributed by atoms with Gasteiger partial charge in [-0.15, -0.1) is 0 Å². The Hall–Kier alpha value is 0.230. The van der Waals surface area contributed by atoms with Gasteiger partial charge in [-0.1, -0.05) is 0 Å². The van der Waals surface area contributed by atoms with Crippen molar-refractivity contribution in [1.29, 1.82) is 0 Å². The van der Waals surface area contributed by atoms with Gasteiger partial charge in [0.2, 0.25) is 0 Å². The fraction of sp³-hybridized carbons (Fsp3) is 1.00. The Balaban J connectivity index is 2.19. The Morgan fingerprint density at radius 1 is 1.19 bits per heavy atom. The van der Waals surface area contributed by atoms with E-state index in [1.54, 1.807) is 0 Å². The number of nitrogens with zero attached hydrogens (tertiary/aromatic N) is 2. The largest absolute Gasteiger partial charge is 0.379 e. The van der Waals surface area contributed by atoms with Crippen LogP contribution in [0, 0.1) is 0 Å². The Morgan fingerprint density at radius 3 is 2.31 bits per heavy atom. The summed E-state index contributed by atoms with van der Waals surface area (Å²) in [5.41, 5.74) is 0.429. The first-order chi connectivity index (χ1) is 7.60. The van der Waals surface area contributed by atoms with E-state index < -0.39 is 0 Å². The van der Waals surface area contributed by atoms with Crippen molar-refractivity contribution < 1.29 is 4.74 Å². The Bertz CT molecular complexity index is 195. The minimum absolute atomic E-state index is 0.429. The summed E-state index contributed by atoms with van der Waals surface area (Å²) < 4.78 is 5.45. The topological polar surface area (TPSA) is 15.7 Å². The molecule has 1 aliphatic rings. The van der Waals surface area contributed by atoms with Crippen molar-refractivity contribution in [2.24, 2.45) is 0 Å². The lowest BCUT2D eigenvalue weighted by Crippen LogP contribution is -2.56. The monoisotopic (exact) mass is 246 g/mol. The van der Waals surface area contributed by atoms with E-state index >= 15 is 0 Å². The average Bonchev–Trinajstić information content (AvgIpc) is 2.18. The molecule has 0 atom stereocenters. The number of hydrogen-bond donors (Lipinski definition) is 1. The molecule has 0 N–H and O–H groups in total. The Labute approximate surface area is 106 Å². The molecule has 0 saturated heterocycles. The van der Waals surface area contributed by atoms with Gasteiger partial charge >= 0.3 is 0 Å². The highest BCUT2D eigenvalue weighted by atomic mass is 32.1. The highest BCUT2D eigenvalue weighted by Gasteiger charge is 2.39. The second-order valence-corrected chi connectivity index (χ2v) is 5.49. The number of hydrogen-bond acceptors (Lipinski definition) is 4. The maximum Gasteiger partial charge on any atom is 0.0593 e. The molecule has 3 nitrogen and oxygen atoms in total. The SMILES string of the molecule is CN(CCOCCS)CC1(N(C)C)CCC1. The van der Waals surface area contributed by atoms with Crippen LogP contribution >= 0.6 is 12.6 Å². The van der Waals surface area contributed by atoms with E-state index in [2.05, 4.69) is 43.6 Å². The summed E-state index contributed by atoms with van der Waals surface area (Å²) in [5, 5.41) is 0. The van der Waals surface area contributed by atoms with Gasteiger partial charge in [0.1, 0.15) is 0 Å². The van der Waals surface area contributed by atoms with Gasteiger partial charge in [-0.25, -0.2) is 0 Å². The molecule has 0 bridgehead atoms. The van der Waals surface area contributed by atoms with Gasteiger partial charge < -0.3 is 14.5 Å². The van der Waals surface area contributed by atoms with Crippen molar-refractivity contribution in [3.05, 3.63) is 0 Å². The van der Waals surface area contributed by atoms with Crippen molar-refractivity contribution >= 4 is 12.6 Å². The van der Waals surface area contributed by atoms with Gasteiger partial charge in [-0.05, 0) is 40.4 Å². The summed E-state index contributed by atoms with van der Waals surface area (Å²) in [5.74, 6) is 0.811. The van der Waals surface area contributed by atoms with Crippen molar-refractivity contribution in [3.63, 3.8) is 0 Å². The molecule has 0 radical (unpaired) electrons. The molecule has 0 heterocycles. The highest BCUT2D eigenvalue weighted by molar-refractivity contribution is 7.80. The van der Waals surface area contributed by atoms with Crippen LogP contribution in [0.25, 0.3) is 0 Å². The lowest BCUT2D eigenvalue weighted by Gasteiger charge is -2.49. The molecular formula is C12H26N2OS. The lowest BCUT2D eigenvalue weighted by molar-refractivity contribution is 0.0195. The van der Waals surface area contributed by atoms with Crippen molar-refractivity contribution in [3.8, 4) is 0 Å². The van der Waals surface area contributed by atoms with Crippen molar-refractivity contribution in [2.75, 3.05) is 53.2 Å². The van der Waals surface area contributed by atoms with E-state index in [1.165, 1.54) is 19.3 Å². The number of rotatable bonds is 8. The first-order valence-electron chi connectivity index (χ1n) is 6.15. The van der Waals surface area contributed by atoms with Crippen molar-refractivity contribution in [2.45, 2.75) is 24.8 Å². The minimum atomic E-state index is 0.429. The van der Waals surface area contributed by atoms with Gasteiger partial charge in [-0.2, -0.15) is 12.6 Å². The van der Waals surface area contributed by atoms with E-state index in [0.29, 0.717) is 5.54 Å². The molecule has 1 aliphatic carbocycles. The number of ether oxygens (including phenoxy) is 1. The zero-order chi connectivity index (χ0) is 12.0. The van der Waals surface area contributed by atoms with Crippen LogP contribution in [0.1, 0.15) is 19.3 Å².